The van der Waals surface area contributed by atoms with E-state index in [0.717, 1.165) is 12.0 Å². The van der Waals surface area contributed by atoms with Crippen LogP contribution in [0.5, 0.6) is 0 Å². The molecule has 0 unspecified atom stereocenters. The smallest absolute Gasteiger partial charge is 0.0758 e. The van der Waals surface area contributed by atoms with Crippen molar-refractivity contribution in [3.63, 3.8) is 0 Å². The fourth-order valence-corrected chi connectivity index (χ4v) is 0.786. The summed E-state index contributed by atoms with van der Waals surface area (Å²) in [5, 5.41) is 8.93. The Hall–Kier alpha value is -0.560. The van der Waals surface area contributed by atoms with Crippen molar-refractivity contribution < 1.29 is 5.11 Å². The van der Waals surface area contributed by atoms with E-state index in [1.165, 1.54) is 0 Å². The van der Waals surface area contributed by atoms with Crippen LogP contribution < -0.4 is 0 Å². The SMILES string of the molecule is C[C@@H](O)C1=CCC=C1. The Balaban J connectivity index is 2.58. The van der Waals surface area contributed by atoms with Crippen molar-refractivity contribution in [1.29, 1.82) is 0 Å². The van der Waals surface area contributed by atoms with E-state index in [1.807, 2.05) is 18.2 Å². The zero-order chi connectivity index (χ0) is 5.98. The molecule has 0 aliphatic heterocycles. The summed E-state index contributed by atoms with van der Waals surface area (Å²) in [6.45, 7) is 1.78. The molecule has 1 rings (SSSR count). The molecule has 0 amide bonds. The Labute approximate surface area is 49.3 Å². The lowest BCUT2D eigenvalue weighted by Gasteiger charge is -1.99. The first kappa shape index (κ1) is 5.57. The van der Waals surface area contributed by atoms with E-state index in [4.69, 9.17) is 5.11 Å². The van der Waals surface area contributed by atoms with Crippen LogP contribution in [0.3, 0.4) is 0 Å². The minimum Gasteiger partial charge on any atom is -0.389 e. The van der Waals surface area contributed by atoms with E-state index >= 15 is 0 Å². The number of allylic oxidation sites excluding steroid dienone is 2. The maximum atomic E-state index is 8.93. The van der Waals surface area contributed by atoms with Gasteiger partial charge in [-0.05, 0) is 18.9 Å². The van der Waals surface area contributed by atoms with E-state index < -0.39 is 0 Å². The van der Waals surface area contributed by atoms with Gasteiger partial charge >= 0.3 is 0 Å². The van der Waals surface area contributed by atoms with Gasteiger partial charge in [0, 0.05) is 0 Å². The molecule has 0 fully saturated rings. The van der Waals surface area contributed by atoms with Crippen molar-refractivity contribution in [1.82, 2.24) is 0 Å². The van der Waals surface area contributed by atoms with Gasteiger partial charge in [0.25, 0.3) is 0 Å². The van der Waals surface area contributed by atoms with Gasteiger partial charge < -0.3 is 5.11 Å². The number of hydrogen-bond acceptors (Lipinski definition) is 1. The van der Waals surface area contributed by atoms with E-state index in [0.29, 0.717) is 0 Å². The average Bonchev–Trinajstić information content (AvgIpc) is 2.12. The molecule has 1 N–H and O–H groups in total. The van der Waals surface area contributed by atoms with E-state index in [2.05, 4.69) is 0 Å². The van der Waals surface area contributed by atoms with Crippen LogP contribution in [0.4, 0.5) is 0 Å². The van der Waals surface area contributed by atoms with Gasteiger partial charge in [-0.25, -0.2) is 0 Å². The number of hydrogen-bond donors (Lipinski definition) is 1. The standard InChI is InChI=1S/C7H10O/c1-6(8)7-4-2-3-5-7/h2,4-6,8H,3H2,1H3/t6-/m1/s1. The summed E-state index contributed by atoms with van der Waals surface area (Å²) in [6, 6.07) is 0. The number of aliphatic hydroxyl groups excluding tert-OH is 1. The zero-order valence-corrected chi connectivity index (χ0v) is 4.96. The van der Waals surface area contributed by atoms with Crippen molar-refractivity contribution in [2.24, 2.45) is 0 Å². The summed E-state index contributed by atoms with van der Waals surface area (Å²) in [6.07, 6.45) is 6.74. The van der Waals surface area contributed by atoms with Crippen LogP contribution in [0, 0.1) is 0 Å². The summed E-state index contributed by atoms with van der Waals surface area (Å²) < 4.78 is 0. The Kier molecular flexibility index (Phi) is 1.49. The molecule has 1 aliphatic rings. The van der Waals surface area contributed by atoms with E-state index in [1.54, 1.807) is 6.92 Å². The van der Waals surface area contributed by atoms with Crippen LogP contribution in [0.2, 0.25) is 0 Å². The van der Waals surface area contributed by atoms with Gasteiger partial charge in [-0.2, -0.15) is 0 Å². The molecule has 0 aromatic heterocycles. The highest BCUT2D eigenvalue weighted by atomic mass is 16.3. The fraction of sp³-hybridized carbons (Fsp3) is 0.429. The van der Waals surface area contributed by atoms with Gasteiger partial charge in [-0.3, -0.25) is 0 Å². The molecular formula is C7H10O. The second-order valence-corrected chi connectivity index (χ2v) is 2.02. The molecule has 1 heteroatoms. The lowest BCUT2D eigenvalue weighted by atomic mass is 10.2. The molecule has 0 aromatic rings. The predicted octanol–water partition coefficient (Wildman–Crippen LogP) is 1.25. The first-order valence-electron chi connectivity index (χ1n) is 2.85. The van der Waals surface area contributed by atoms with Gasteiger partial charge in [0.15, 0.2) is 0 Å². The summed E-state index contributed by atoms with van der Waals surface area (Å²) in [5.74, 6) is 0. The Morgan fingerprint density at radius 3 is 2.75 bits per heavy atom. The molecule has 1 aliphatic carbocycles. The molecule has 0 aromatic carbocycles. The highest BCUT2D eigenvalue weighted by molar-refractivity contribution is 5.28. The Morgan fingerprint density at radius 1 is 1.75 bits per heavy atom. The fourth-order valence-electron chi connectivity index (χ4n) is 0.786. The van der Waals surface area contributed by atoms with Crippen LogP contribution in [0.1, 0.15) is 13.3 Å². The third kappa shape index (κ3) is 0.984. The van der Waals surface area contributed by atoms with Gasteiger partial charge in [0.05, 0.1) is 6.10 Å². The van der Waals surface area contributed by atoms with Crippen molar-refractivity contribution in [3.8, 4) is 0 Å². The van der Waals surface area contributed by atoms with Gasteiger partial charge in [0.1, 0.15) is 0 Å². The average molecular weight is 110 g/mol. The van der Waals surface area contributed by atoms with E-state index in [-0.39, 0.29) is 6.10 Å². The van der Waals surface area contributed by atoms with Crippen LogP contribution in [0.25, 0.3) is 0 Å². The molecule has 8 heavy (non-hydrogen) atoms. The van der Waals surface area contributed by atoms with Crippen molar-refractivity contribution in [3.05, 3.63) is 23.8 Å². The third-order valence-corrected chi connectivity index (χ3v) is 1.28. The molecule has 1 nitrogen and oxygen atoms in total. The lowest BCUT2D eigenvalue weighted by Crippen LogP contribution is -1.99. The molecule has 1 atom stereocenters. The monoisotopic (exact) mass is 110 g/mol. The van der Waals surface area contributed by atoms with Gasteiger partial charge in [0.2, 0.25) is 0 Å². The molecule has 0 spiro atoms. The second kappa shape index (κ2) is 2.14. The van der Waals surface area contributed by atoms with Crippen molar-refractivity contribution >= 4 is 0 Å². The van der Waals surface area contributed by atoms with E-state index in [9.17, 15) is 0 Å². The first-order chi connectivity index (χ1) is 3.80. The quantitative estimate of drug-likeness (QED) is 0.538. The third-order valence-electron chi connectivity index (χ3n) is 1.28. The summed E-state index contributed by atoms with van der Waals surface area (Å²) in [4.78, 5) is 0. The molecular weight excluding hydrogens is 100 g/mol. The summed E-state index contributed by atoms with van der Waals surface area (Å²) >= 11 is 0. The minimum absolute atomic E-state index is 0.284. The lowest BCUT2D eigenvalue weighted by molar-refractivity contribution is 0.235. The maximum absolute atomic E-state index is 8.93. The van der Waals surface area contributed by atoms with Gasteiger partial charge in [-0.1, -0.05) is 18.2 Å². The van der Waals surface area contributed by atoms with Crippen LogP contribution in [-0.4, -0.2) is 11.2 Å². The molecule has 0 saturated carbocycles. The van der Waals surface area contributed by atoms with Crippen molar-refractivity contribution in [2.75, 3.05) is 0 Å². The molecule has 44 valence electrons. The van der Waals surface area contributed by atoms with Gasteiger partial charge in [-0.15, -0.1) is 0 Å². The second-order valence-electron chi connectivity index (χ2n) is 2.02. The number of aliphatic hydroxyl groups is 1. The Morgan fingerprint density at radius 2 is 2.50 bits per heavy atom. The highest BCUT2D eigenvalue weighted by Gasteiger charge is 2.01. The molecule has 0 heterocycles. The van der Waals surface area contributed by atoms with Crippen molar-refractivity contribution in [2.45, 2.75) is 19.4 Å². The maximum Gasteiger partial charge on any atom is 0.0758 e. The Bertz CT molecular complexity index is 131. The molecule has 0 bridgehead atoms. The molecule has 0 saturated heterocycles. The predicted molar refractivity (Wildman–Crippen MR) is 33.5 cm³/mol. The topological polar surface area (TPSA) is 20.2 Å². The first-order valence-corrected chi connectivity index (χ1v) is 2.85. The minimum atomic E-state index is -0.284. The molecule has 0 radical (unpaired) electrons. The van der Waals surface area contributed by atoms with Crippen LogP contribution in [0.15, 0.2) is 23.8 Å². The number of rotatable bonds is 1. The highest BCUT2D eigenvalue weighted by Crippen LogP contribution is 2.11. The normalized spacial score (nSPS) is 21.0. The van der Waals surface area contributed by atoms with Crippen LogP contribution in [-0.2, 0) is 0 Å². The summed E-state index contributed by atoms with van der Waals surface area (Å²) in [5.41, 5.74) is 1.05. The summed E-state index contributed by atoms with van der Waals surface area (Å²) in [7, 11) is 0. The van der Waals surface area contributed by atoms with Crippen LogP contribution >= 0.6 is 0 Å². The largest absolute Gasteiger partial charge is 0.389 e. The zero-order valence-electron chi connectivity index (χ0n) is 4.96.